The van der Waals surface area contributed by atoms with Gasteiger partial charge >= 0.3 is 0 Å². The number of fused-ring (bicyclic) bond motifs is 1. The number of anilines is 2. The zero-order valence-electron chi connectivity index (χ0n) is 15.4. The van der Waals surface area contributed by atoms with Crippen LogP contribution in [0.2, 0.25) is 0 Å². The van der Waals surface area contributed by atoms with Gasteiger partial charge in [0.25, 0.3) is 5.91 Å². The highest BCUT2D eigenvalue weighted by Gasteiger charge is 2.26. The van der Waals surface area contributed by atoms with E-state index < -0.39 is 15.8 Å². The fraction of sp³-hybridized carbons (Fsp3) is 0.143. The quantitative estimate of drug-likeness (QED) is 0.698. The molecule has 0 aliphatic carbocycles. The van der Waals surface area contributed by atoms with Gasteiger partial charge in [-0.05, 0) is 53.9 Å². The van der Waals surface area contributed by atoms with Crippen LogP contribution in [0.5, 0.6) is 0 Å². The average molecular weight is 411 g/mol. The number of benzene rings is 2. The lowest BCUT2D eigenvalue weighted by molar-refractivity contribution is 0.0989. The number of hydrogen-bond donors (Lipinski definition) is 1. The molecule has 0 saturated heterocycles. The third-order valence-corrected chi connectivity index (χ3v) is 5.93. The van der Waals surface area contributed by atoms with E-state index in [1.54, 1.807) is 47.6 Å². The first-order chi connectivity index (χ1) is 13.9. The monoisotopic (exact) mass is 411 g/mol. The predicted molar refractivity (Wildman–Crippen MR) is 109 cm³/mol. The number of sulfonamides is 1. The van der Waals surface area contributed by atoms with Crippen LogP contribution in [0.3, 0.4) is 0 Å². The van der Waals surface area contributed by atoms with Crippen LogP contribution < -0.4 is 9.62 Å². The zero-order valence-corrected chi connectivity index (χ0v) is 16.2. The van der Waals surface area contributed by atoms with Gasteiger partial charge < -0.3 is 4.90 Å². The van der Waals surface area contributed by atoms with Gasteiger partial charge in [-0.15, -0.1) is 0 Å². The Labute approximate surface area is 168 Å². The van der Waals surface area contributed by atoms with Crippen LogP contribution in [0.25, 0.3) is 0 Å². The lowest BCUT2D eigenvalue weighted by Crippen LogP contribution is -2.29. The number of aromatic nitrogens is 1. The smallest absolute Gasteiger partial charge is 0.258 e. The number of halogens is 1. The molecule has 2 aromatic carbocycles. The number of hydrogen-bond acceptors (Lipinski definition) is 4. The Morgan fingerprint density at radius 1 is 1.10 bits per heavy atom. The number of carbonyl (C=O) groups excluding carboxylic acids is 1. The molecular formula is C21H18FN3O3S. The number of pyridine rings is 1. The van der Waals surface area contributed by atoms with Crippen LogP contribution in [-0.4, -0.2) is 25.9 Å². The normalized spacial score (nSPS) is 13.2. The largest absolute Gasteiger partial charge is 0.308 e. The zero-order chi connectivity index (χ0) is 20.4. The van der Waals surface area contributed by atoms with Crippen molar-refractivity contribution in [1.82, 2.24) is 4.98 Å². The molecule has 0 atom stereocenters. The van der Waals surface area contributed by atoms with E-state index in [0.717, 1.165) is 5.56 Å². The second-order valence-corrected chi connectivity index (χ2v) is 8.50. The van der Waals surface area contributed by atoms with Crippen molar-refractivity contribution < 1.29 is 17.6 Å². The third kappa shape index (κ3) is 4.27. The second kappa shape index (κ2) is 7.63. The fourth-order valence-electron chi connectivity index (χ4n) is 3.37. The fourth-order valence-corrected chi connectivity index (χ4v) is 4.54. The first kappa shape index (κ1) is 19.1. The van der Waals surface area contributed by atoms with E-state index in [1.165, 1.54) is 18.2 Å². The van der Waals surface area contributed by atoms with E-state index in [2.05, 4.69) is 9.71 Å². The summed E-state index contributed by atoms with van der Waals surface area (Å²) in [7, 11) is -3.74. The highest BCUT2D eigenvalue weighted by atomic mass is 32.2. The summed E-state index contributed by atoms with van der Waals surface area (Å²) >= 11 is 0. The van der Waals surface area contributed by atoms with Gasteiger partial charge in [-0.1, -0.05) is 18.2 Å². The van der Waals surface area contributed by atoms with E-state index >= 15 is 0 Å². The molecule has 1 N–H and O–H groups in total. The maximum atomic E-state index is 13.3. The van der Waals surface area contributed by atoms with Gasteiger partial charge in [0.15, 0.2) is 0 Å². The van der Waals surface area contributed by atoms with Gasteiger partial charge in [0, 0.05) is 30.2 Å². The van der Waals surface area contributed by atoms with Crippen molar-refractivity contribution in [2.45, 2.75) is 12.2 Å². The molecule has 0 unspecified atom stereocenters. The standard InChI is InChI=1S/C21H18FN3O3S/c22-18-3-1-2-15(12-18)14-29(27,28)24-19-5-4-16-8-11-25(20(16)13-19)21(26)17-6-9-23-10-7-17/h1-7,9-10,12-13,24H,8,11,14H2. The minimum atomic E-state index is -3.74. The Kier molecular flexibility index (Phi) is 5.02. The van der Waals surface area contributed by atoms with Crippen LogP contribution >= 0.6 is 0 Å². The third-order valence-electron chi connectivity index (χ3n) is 4.67. The first-order valence-corrected chi connectivity index (χ1v) is 10.7. The van der Waals surface area contributed by atoms with E-state index in [9.17, 15) is 17.6 Å². The van der Waals surface area contributed by atoms with Crippen molar-refractivity contribution >= 4 is 27.3 Å². The molecule has 4 rings (SSSR count). The molecule has 1 aromatic heterocycles. The molecule has 8 heteroatoms. The molecule has 1 amide bonds. The van der Waals surface area contributed by atoms with Gasteiger partial charge in [0.2, 0.25) is 10.0 Å². The Bertz CT molecular complexity index is 1170. The maximum absolute atomic E-state index is 13.3. The molecule has 29 heavy (non-hydrogen) atoms. The van der Waals surface area contributed by atoms with Crippen molar-refractivity contribution in [3.8, 4) is 0 Å². The van der Waals surface area contributed by atoms with Crippen molar-refractivity contribution in [1.29, 1.82) is 0 Å². The molecule has 0 fully saturated rings. The molecule has 2 heterocycles. The van der Waals surface area contributed by atoms with Gasteiger partial charge in [-0.2, -0.15) is 0 Å². The van der Waals surface area contributed by atoms with Crippen molar-refractivity contribution in [3.05, 3.63) is 89.5 Å². The summed E-state index contributed by atoms with van der Waals surface area (Å²) in [5.41, 5.74) is 2.88. The van der Waals surface area contributed by atoms with Crippen LogP contribution in [0.1, 0.15) is 21.5 Å². The number of amides is 1. The summed E-state index contributed by atoms with van der Waals surface area (Å²) in [6.07, 6.45) is 3.81. The molecule has 3 aromatic rings. The van der Waals surface area contributed by atoms with E-state index in [-0.39, 0.29) is 11.7 Å². The highest BCUT2D eigenvalue weighted by Crippen LogP contribution is 2.32. The molecule has 148 valence electrons. The maximum Gasteiger partial charge on any atom is 0.258 e. The van der Waals surface area contributed by atoms with Gasteiger partial charge in [0.1, 0.15) is 5.82 Å². The number of rotatable bonds is 5. The summed E-state index contributed by atoms with van der Waals surface area (Å²) in [6, 6.07) is 13.9. The van der Waals surface area contributed by atoms with Gasteiger partial charge in [0.05, 0.1) is 11.4 Å². The Balaban J connectivity index is 1.56. The van der Waals surface area contributed by atoms with Crippen molar-refractivity contribution in [3.63, 3.8) is 0 Å². The minimum Gasteiger partial charge on any atom is -0.308 e. The molecule has 0 bridgehead atoms. The molecule has 0 radical (unpaired) electrons. The minimum absolute atomic E-state index is 0.161. The van der Waals surface area contributed by atoms with Crippen LogP contribution in [-0.2, 0) is 22.2 Å². The van der Waals surface area contributed by atoms with E-state index in [4.69, 9.17) is 0 Å². The van der Waals surface area contributed by atoms with Gasteiger partial charge in [-0.25, -0.2) is 12.8 Å². The molecule has 6 nitrogen and oxygen atoms in total. The lowest BCUT2D eigenvalue weighted by atomic mass is 10.1. The topological polar surface area (TPSA) is 79.4 Å². The summed E-state index contributed by atoms with van der Waals surface area (Å²) in [4.78, 5) is 18.4. The molecular weight excluding hydrogens is 393 g/mol. The Morgan fingerprint density at radius 3 is 2.66 bits per heavy atom. The van der Waals surface area contributed by atoms with Crippen LogP contribution in [0, 0.1) is 5.82 Å². The molecule has 0 saturated carbocycles. The molecule has 1 aliphatic rings. The summed E-state index contributed by atoms with van der Waals surface area (Å²) < 4.78 is 40.8. The second-order valence-electron chi connectivity index (χ2n) is 6.78. The highest BCUT2D eigenvalue weighted by molar-refractivity contribution is 7.91. The average Bonchev–Trinajstić information content (AvgIpc) is 3.10. The SMILES string of the molecule is O=C(c1ccncc1)N1CCc2ccc(NS(=O)(=O)Cc3cccc(F)c3)cc21. The van der Waals surface area contributed by atoms with Crippen LogP contribution in [0.4, 0.5) is 15.8 Å². The summed E-state index contributed by atoms with van der Waals surface area (Å²) in [6.45, 7) is 0.524. The van der Waals surface area contributed by atoms with Crippen molar-refractivity contribution in [2.24, 2.45) is 0 Å². The lowest BCUT2D eigenvalue weighted by Gasteiger charge is -2.18. The number of nitrogens with one attached hydrogen (secondary N) is 1. The van der Waals surface area contributed by atoms with Crippen LogP contribution in [0.15, 0.2) is 67.0 Å². The van der Waals surface area contributed by atoms with Crippen molar-refractivity contribution in [2.75, 3.05) is 16.2 Å². The van der Waals surface area contributed by atoms with E-state index in [1.807, 2.05) is 6.07 Å². The van der Waals surface area contributed by atoms with E-state index in [0.29, 0.717) is 35.5 Å². The molecule has 0 spiro atoms. The summed E-state index contributed by atoms with van der Waals surface area (Å²) in [5, 5.41) is 0. The Hall–Kier alpha value is -3.26. The number of nitrogens with zero attached hydrogens (tertiary/aromatic N) is 2. The molecule has 1 aliphatic heterocycles. The number of carbonyl (C=O) groups is 1. The Morgan fingerprint density at radius 2 is 1.90 bits per heavy atom. The first-order valence-electron chi connectivity index (χ1n) is 9.01. The predicted octanol–water partition coefficient (Wildman–Crippen LogP) is 3.37. The van der Waals surface area contributed by atoms with Gasteiger partial charge in [-0.3, -0.25) is 14.5 Å². The summed E-state index contributed by atoms with van der Waals surface area (Å²) in [5.74, 6) is -0.993.